The molecule has 0 aliphatic rings. The average Bonchev–Trinajstić information content (AvgIpc) is 2.97. The summed E-state index contributed by atoms with van der Waals surface area (Å²) in [5.74, 6) is -1.99. The summed E-state index contributed by atoms with van der Waals surface area (Å²) in [5.41, 5.74) is 0.205. The summed E-state index contributed by atoms with van der Waals surface area (Å²) < 4.78 is 51.2. The maximum atomic E-state index is 12.4. The van der Waals surface area contributed by atoms with Crippen molar-refractivity contribution < 1.29 is 31.5 Å². The third-order valence-corrected chi connectivity index (χ3v) is 9.57. The van der Waals surface area contributed by atoms with Crippen LogP contribution in [0.2, 0.25) is 0 Å². The van der Waals surface area contributed by atoms with E-state index >= 15 is 0 Å². The number of aromatic nitrogens is 4. The molecule has 4 aromatic rings. The first-order valence-corrected chi connectivity index (χ1v) is 17.5. The molecule has 0 unspecified atom stereocenters. The van der Waals surface area contributed by atoms with Gasteiger partial charge in [-0.1, -0.05) is 60.7 Å². The predicted octanol–water partition coefficient (Wildman–Crippen LogP) is 2.01. The number of nitrogens with zero attached hydrogens (tertiary/aromatic N) is 4. The maximum Gasteiger partial charge on any atom is 0.323 e. The number of hydrogen-bond acceptors (Lipinski definition) is 10. The van der Waals surface area contributed by atoms with Crippen molar-refractivity contribution in [3.8, 4) is 0 Å². The molecule has 13 nitrogen and oxygen atoms in total. The van der Waals surface area contributed by atoms with Crippen molar-refractivity contribution in [3.63, 3.8) is 0 Å². The minimum absolute atomic E-state index is 0.0345. The normalized spacial score (nSPS) is 11.4. The van der Waals surface area contributed by atoms with E-state index in [-0.39, 0.29) is 40.8 Å². The highest BCUT2D eigenvalue weighted by Crippen LogP contribution is 2.11. The number of sulfone groups is 2. The minimum atomic E-state index is -3.57. The van der Waals surface area contributed by atoms with Gasteiger partial charge in [-0.15, -0.1) is 0 Å². The highest BCUT2D eigenvalue weighted by molar-refractivity contribution is 7.90. The van der Waals surface area contributed by atoms with Crippen LogP contribution in [-0.2, 0) is 65.4 Å². The van der Waals surface area contributed by atoms with Crippen LogP contribution in [0, 0.1) is 13.8 Å². The van der Waals surface area contributed by atoms with Gasteiger partial charge >= 0.3 is 5.97 Å². The number of rotatable bonds is 12. The average molecular weight is 671 g/mol. The van der Waals surface area contributed by atoms with Crippen LogP contribution in [0.4, 0.5) is 0 Å². The standard InChI is InChI=1S/C16H18N2O4S.C15H16N2O5S/c1-12(19)9-18-13(2)17-8-15(16(18)20)11-23(21,22)10-14-6-4-3-5-7-14;1-11-16-7-13(15(20)17(11)8-14(18)19)10-23(21,22)9-12-5-3-2-4-6-12/h3-8H,9-11H2,1-2H3;2-7H,8-10H2,1H3,(H,18,19). The van der Waals surface area contributed by atoms with Crippen LogP contribution in [0.15, 0.2) is 82.6 Å². The molecule has 244 valence electrons. The Morgan fingerprint density at radius 2 is 1.02 bits per heavy atom. The summed E-state index contributed by atoms with van der Waals surface area (Å²) in [7, 11) is -7.08. The van der Waals surface area contributed by atoms with Crippen LogP contribution in [0.1, 0.15) is 40.8 Å². The second-order valence-corrected chi connectivity index (χ2v) is 14.7. The van der Waals surface area contributed by atoms with Gasteiger partial charge in [0, 0.05) is 12.4 Å². The van der Waals surface area contributed by atoms with Crippen LogP contribution in [0.5, 0.6) is 0 Å². The Bertz CT molecular complexity index is 1890. The van der Waals surface area contributed by atoms with Crippen molar-refractivity contribution in [1.29, 1.82) is 0 Å². The SMILES string of the molecule is CC(=O)Cn1c(C)ncc(CS(=O)(=O)Cc2ccccc2)c1=O.Cc1ncc(CS(=O)(=O)Cc2ccccc2)c(=O)n1CC(=O)O. The van der Waals surface area contributed by atoms with Gasteiger partial charge < -0.3 is 5.11 Å². The number of carboxylic acid groups (broad SMARTS) is 1. The molecule has 2 heterocycles. The lowest BCUT2D eigenvalue weighted by Gasteiger charge is -2.10. The highest BCUT2D eigenvalue weighted by Gasteiger charge is 2.19. The molecule has 0 spiro atoms. The fourth-order valence-electron chi connectivity index (χ4n) is 4.39. The molecule has 1 N–H and O–H groups in total. The number of aryl methyl sites for hydroxylation is 2. The molecule has 0 atom stereocenters. The van der Waals surface area contributed by atoms with Gasteiger partial charge in [0.1, 0.15) is 24.0 Å². The zero-order valence-corrected chi connectivity index (χ0v) is 27.1. The van der Waals surface area contributed by atoms with Gasteiger partial charge in [0.2, 0.25) is 0 Å². The van der Waals surface area contributed by atoms with E-state index in [1.165, 1.54) is 30.8 Å². The summed E-state index contributed by atoms with van der Waals surface area (Å²) in [5, 5.41) is 8.83. The van der Waals surface area contributed by atoms with E-state index in [2.05, 4.69) is 9.97 Å². The van der Waals surface area contributed by atoms with Crippen molar-refractivity contribution >= 4 is 31.4 Å². The van der Waals surface area contributed by atoms with Crippen molar-refractivity contribution in [2.24, 2.45) is 0 Å². The fourth-order valence-corrected chi connectivity index (χ4v) is 7.34. The number of benzene rings is 2. The Balaban J connectivity index is 0.000000250. The Labute approximate surface area is 266 Å². The molecule has 46 heavy (non-hydrogen) atoms. The molecule has 2 aromatic carbocycles. The summed E-state index contributed by atoms with van der Waals surface area (Å²) in [6, 6.07) is 17.4. The van der Waals surface area contributed by atoms with E-state index in [9.17, 15) is 36.0 Å². The van der Waals surface area contributed by atoms with E-state index in [0.29, 0.717) is 17.0 Å². The Morgan fingerprint density at radius 1 is 0.652 bits per heavy atom. The highest BCUT2D eigenvalue weighted by atomic mass is 32.2. The van der Waals surface area contributed by atoms with Crippen molar-refractivity contribution in [3.05, 3.63) is 128 Å². The van der Waals surface area contributed by atoms with E-state index in [0.717, 1.165) is 4.57 Å². The molecular formula is C31H34N4O9S2. The molecule has 0 saturated carbocycles. The first-order chi connectivity index (χ1) is 21.6. The maximum absolute atomic E-state index is 12.4. The molecular weight excluding hydrogens is 636 g/mol. The molecule has 0 radical (unpaired) electrons. The monoisotopic (exact) mass is 670 g/mol. The Kier molecular flexibility index (Phi) is 12.0. The van der Waals surface area contributed by atoms with E-state index in [1.54, 1.807) is 67.6 Å². The fraction of sp³-hybridized carbons (Fsp3) is 0.290. The van der Waals surface area contributed by atoms with Gasteiger partial charge in [-0.25, -0.2) is 26.8 Å². The number of carbonyl (C=O) groups is 2. The van der Waals surface area contributed by atoms with Crippen molar-refractivity contribution in [1.82, 2.24) is 19.1 Å². The number of aliphatic carboxylic acids is 1. The number of carbonyl (C=O) groups excluding carboxylic acids is 1. The smallest absolute Gasteiger partial charge is 0.323 e. The molecule has 0 aliphatic heterocycles. The number of Topliss-reactive ketones (excluding diaryl/α,β-unsaturated/α-hetero) is 1. The van der Waals surface area contributed by atoms with Crippen LogP contribution < -0.4 is 11.1 Å². The second kappa shape index (κ2) is 15.5. The van der Waals surface area contributed by atoms with Crippen molar-refractivity contribution in [2.45, 2.75) is 56.9 Å². The summed E-state index contributed by atoms with van der Waals surface area (Å²) >= 11 is 0. The largest absolute Gasteiger partial charge is 0.480 e. The van der Waals surface area contributed by atoms with Crippen LogP contribution >= 0.6 is 0 Å². The lowest BCUT2D eigenvalue weighted by molar-refractivity contribution is -0.137. The zero-order valence-electron chi connectivity index (χ0n) is 25.5. The predicted molar refractivity (Wildman–Crippen MR) is 170 cm³/mol. The van der Waals surface area contributed by atoms with Gasteiger partial charge in [-0.2, -0.15) is 0 Å². The topological polar surface area (TPSA) is 192 Å². The minimum Gasteiger partial charge on any atom is -0.480 e. The summed E-state index contributed by atoms with van der Waals surface area (Å²) in [6.07, 6.45) is 2.47. The van der Waals surface area contributed by atoms with Crippen LogP contribution in [-0.4, -0.2) is 52.8 Å². The molecule has 0 saturated heterocycles. The van der Waals surface area contributed by atoms with Crippen LogP contribution in [0.3, 0.4) is 0 Å². The molecule has 15 heteroatoms. The Hall–Kier alpha value is -4.76. The molecule has 0 aliphatic carbocycles. The summed E-state index contributed by atoms with van der Waals surface area (Å²) in [6.45, 7) is 3.80. The van der Waals surface area contributed by atoms with E-state index in [4.69, 9.17) is 5.11 Å². The molecule has 2 aromatic heterocycles. The van der Waals surface area contributed by atoms with E-state index in [1.807, 2.05) is 0 Å². The second-order valence-electron chi connectivity index (χ2n) is 10.6. The van der Waals surface area contributed by atoms with Gasteiger partial charge in [0.05, 0.1) is 40.7 Å². The summed E-state index contributed by atoms with van der Waals surface area (Å²) in [4.78, 5) is 54.6. The first kappa shape index (κ1) is 35.7. The third-order valence-electron chi connectivity index (χ3n) is 6.52. The first-order valence-electron chi connectivity index (χ1n) is 13.9. The number of ketones is 1. The van der Waals surface area contributed by atoms with Gasteiger partial charge in [0.15, 0.2) is 19.7 Å². The molecule has 0 fully saturated rings. The number of hydrogen-bond donors (Lipinski definition) is 1. The van der Waals surface area contributed by atoms with Crippen molar-refractivity contribution in [2.75, 3.05) is 0 Å². The van der Waals surface area contributed by atoms with E-state index < -0.39 is 54.8 Å². The van der Waals surface area contributed by atoms with Gasteiger partial charge in [-0.05, 0) is 31.9 Å². The zero-order chi connectivity index (χ0) is 34.1. The quantitative estimate of drug-likeness (QED) is 0.232. The van der Waals surface area contributed by atoms with Crippen LogP contribution in [0.25, 0.3) is 0 Å². The third kappa shape index (κ3) is 10.7. The van der Waals surface area contributed by atoms with Gasteiger partial charge in [0.25, 0.3) is 11.1 Å². The van der Waals surface area contributed by atoms with Gasteiger partial charge in [-0.3, -0.25) is 28.3 Å². The molecule has 0 amide bonds. The lowest BCUT2D eigenvalue weighted by atomic mass is 10.2. The molecule has 0 bridgehead atoms. The Morgan fingerprint density at radius 3 is 1.37 bits per heavy atom. The lowest BCUT2D eigenvalue weighted by Crippen LogP contribution is -2.30. The number of carboxylic acids is 1. The molecule has 4 rings (SSSR count).